The zero-order chi connectivity index (χ0) is 23.3. The molecule has 1 amide bonds. The fourth-order valence-electron chi connectivity index (χ4n) is 4.31. The van der Waals surface area contributed by atoms with Crippen LogP contribution in [0.15, 0.2) is 115 Å². The van der Waals surface area contributed by atoms with Crippen LogP contribution in [0, 0.1) is 6.92 Å². The zero-order valence-electron chi connectivity index (χ0n) is 19.1. The third kappa shape index (κ3) is 4.74. The first-order chi connectivity index (χ1) is 16.7. The summed E-state index contributed by atoms with van der Waals surface area (Å²) < 4.78 is 0. The van der Waals surface area contributed by atoms with Gasteiger partial charge >= 0.3 is 0 Å². The van der Waals surface area contributed by atoms with E-state index in [2.05, 4.69) is 29.6 Å². The maximum Gasteiger partial charge on any atom is 0.252 e. The second-order valence-corrected chi connectivity index (χ2v) is 8.57. The number of pyridine rings is 1. The van der Waals surface area contributed by atoms with Crippen LogP contribution in [-0.2, 0) is 6.42 Å². The van der Waals surface area contributed by atoms with Crippen molar-refractivity contribution in [1.29, 1.82) is 0 Å². The molecule has 5 aromatic rings. The number of rotatable bonds is 6. The van der Waals surface area contributed by atoms with Gasteiger partial charge in [0.15, 0.2) is 0 Å². The van der Waals surface area contributed by atoms with Gasteiger partial charge in [0.1, 0.15) is 0 Å². The minimum Gasteiger partial charge on any atom is -0.345 e. The predicted octanol–water partition coefficient (Wildman–Crippen LogP) is 6.92. The summed E-state index contributed by atoms with van der Waals surface area (Å²) in [5.41, 5.74) is 6.59. The van der Waals surface area contributed by atoms with Crippen molar-refractivity contribution in [3.05, 3.63) is 138 Å². The molecule has 0 aliphatic carbocycles. The van der Waals surface area contributed by atoms with E-state index in [1.807, 2.05) is 97.9 Å². The Hall–Kier alpha value is -4.24. The Kier molecular flexibility index (Phi) is 6.17. The number of amides is 1. The standard InChI is InChI=1S/C31H26N2O/c1-22-17-18-28-26(19-22)27(21-30(32-28)25-15-9-4-10-16-25)31(34)33-29(24-13-7-3-8-14-24)20-23-11-5-2-6-12-23/h2-19,21,29H,20H2,1H3,(H,33,34). The molecule has 4 aromatic carbocycles. The molecule has 0 saturated carbocycles. The number of benzene rings is 4. The van der Waals surface area contributed by atoms with Crippen molar-refractivity contribution in [2.24, 2.45) is 0 Å². The van der Waals surface area contributed by atoms with Crippen molar-refractivity contribution in [3.63, 3.8) is 0 Å². The molecule has 3 heteroatoms. The van der Waals surface area contributed by atoms with Gasteiger partial charge in [-0.25, -0.2) is 4.98 Å². The lowest BCUT2D eigenvalue weighted by molar-refractivity contribution is 0.0938. The van der Waals surface area contributed by atoms with E-state index in [0.717, 1.165) is 33.3 Å². The fraction of sp³-hybridized carbons (Fsp3) is 0.0968. The Bertz CT molecular complexity index is 1410. The van der Waals surface area contributed by atoms with Gasteiger partial charge in [0.25, 0.3) is 5.91 Å². The summed E-state index contributed by atoms with van der Waals surface area (Å²) in [6.07, 6.45) is 0.712. The van der Waals surface area contributed by atoms with E-state index in [4.69, 9.17) is 4.98 Å². The summed E-state index contributed by atoms with van der Waals surface area (Å²) in [6, 6.07) is 38.3. The molecular formula is C31H26N2O. The van der Waals surface area contributed by atoms with Gasteiger partial charge in [0, 0.05) is 10.9 Å². The van der Waals surface area contributed by atoms with Gasteiger partial charge in [0.05, 0.1) is 22.8 Å². The molecule has 34 heavy (non-hydrogen) atoms. The Morgan fingerprint density at radius 1 is 0.794 bits per heavy atom. The normalized spacial score (nSPS) is 11.8. The van der Waals surface area contributed by atoms with Gasteiger partial charge in [-0.3, -0.25) is 4.79 Å². The summed E-state index contributed by atoms with van der Waals surface area (Å²) in [5, 5.41) is 4.19. The number of hydrogen-bond acceptors (Lipinski definition) is 2. The van der Waals surface area contributed by atoms with Crippen LogP contribution in [0.5, 0.6) is 0 Å². The first-order valence-electron chi connectivity index (χ1n) is 11.5. The number of hydrogen-bond donors (Lipinski definition) is 1. The monoisotopic (exact) mass is 442 g/mol. The quantitative estimate of drug-likeness (QED) is 0.310. The smallest absolute Gasteiger partial charge is 0.252 e. The van der Waals surface area contributed by atoms with E-state index in [1.54, 1.807) is 0 Å². The van der Waals surface area contributed by atoms with Gasteiger partial charge in [-0.1, -0.05) is 103 Å². The predicted molar refractivity (Wildman–Crippen MR) is 139 cm³/mol. The molecule has 166 valence electrons. The van der Waals surface area contributed by atoms with Crippen LogP contribution >= 0.6 is 0 Å². The van der Waals surface area contributed by atoms with Crippen LogP contribution in [0.1, 0.15) is 33.1 Å². The van der Waals surface area contributed by atoms with Crippen molar-refractivity contribution in [1.82, 2.24) is 10.3 Å². The van der Waals surface area contributed by atoms with Crippen molar-refractivity contribution in [2.75, 3.05) is 0 Å². The van der Waals surface area contributed by atoms with Gasteiger partial charge < -0.3 is 5.32 Å². The van der Waals surface area contributed by atoms with E-state index in [0.29, 0.717) is 12.0 Å². The van der Waals surface area contributed by atoms with Gasteiger partial charge in [-0.2, -0.15) is 0 Å². The van der Waals surface area contributed by atoms with E-state index >= 15 is 0 Å². The first kappa shape index (κ1) is 21.6. The highest BCUT2D eigenvalue weighted by molar-refractivity contribution is 6.07. The molecule has 1 unspecified atom stereocenters. The molecule has 3 nitrogen and oxygen atoms in total. The van der Waals surface area contributed by atoms with Gasteiger partial charge in [0.2, 0.25) is 0 Å². The van der Waals surface area contributed by atoms with Gasteiger partial charge in [-0.05, 0) is 42.7 Å². The summed E-state index contributed by atoms with van der Waals surface area (Å²) in [6.45, 7) is 2.04. The van der Waals surface area contributed by atoms with Crippen LogP contribution in [0.4, 0.5) is 0 Å². The average Bonchev–Trinajstić information content (AvgIpc) is 2.89. The van der Waals surface area contributed by atoms with Gasteiger partial charge in [-0.15, -0.1) is 0 Å². The van der Waals surface area contributed by atoms with Crippen LogP contribution < -0.4 is 5.32 Å². The third-order valence-electron chi connectivity index (χ3n) is 6.07. The maximum absolute atomic E-state index is 13.8. The summed E-state index contributed by atoms with van der Waals surface area (Å²) in [4.78, 5) is 18.6. The molecule has 1 N–H and O–H groups in total. The molecule has 0 aliphatic rings. The van der Waals surface area contributed by atoms with Crippen LogP contribution in [0.2, 0.25) is 0 Å². The Morgan fingerprint density at radius 3 is 2.15 bits per heavy atom. The second kappa shape index (κ2) is 9.72. The Labute approximate surface area is 200 Å². The lowest BCUT2D eigenvalue weighted by Gasteiger charge is -2.20. The van der Waals surface area contributed by atoms with E-state index in [9.17, 15) is 4.79 Å². The number of nitrogens with one attached hydrogen (secondary N) is 1. The highest BCUT2D eigenvalue weighted by Crippen LogP contribution is 2.27. The maximum atomic E-state index is 13.8. The average molecular weight is 443 g/mol. The molecule has 0 saturated heterocycles. The summed E-state index contributed by atoms with van der Waals surface area (Å²) in [7, 11) is 0. The first-order valence-corrected chi connectivity index (χ1v) is 11.5. The Balaban J connectivity index is 1.56. The largest absolute Gasteiger partial charge is 0.345 e. The molecule has 1 aromatic heterocycles. The fourth-order valence-corrected chi connectivity index (χ4v) is 4.31. The molecule has 0 aliphatic heterocycles. The van der Waals surface area contributed by atoms with Crippen molar-refractivity contribution in [2.45, 2.75) is 19.4 Å². The van der Waals surface area contributed by atoms with Crippen LogP contribution in [0.25, 0.3) is 22.2 Å². The minimum atomic E-state index is -0.149. The highest BCUT2D eigenvalue weighted by atomic mass is 16.1. The molecular weight excluding hydrogens is 416 g/mol. The SMILES string of the molecule is Cc1ccc2nc(-c3ccccc3)cc(C(=O)NC(Cc3ccccc3)c3ccccc3)c2c1. The summed E-state index contributed by atoms with van der Waals surface area (Å²) >= 11 is 0. The third-order valence-corrected chi connectivity index (χ3v) is 6.07. The summed E-state index contributed by atoms with van der Waals surface area (Å²) in [5.74, 6) is -0.0973. The number of aromatic nitrogens is 1. The highest BCUT2D eigenvalue weighted by Gasteiger charge is 2.20. The van der Waals surface area contributed by atoms with E-state index in [1.165, 1.54) is 5.56 Å². The van der Waals surface area contributed by atoms with Crippen LogP contribution in [-0.4, -0.2) is 10.9 Å². The molecule has 0 spiro atoms. The minimum absolute atomic E-state index is 0.0973. The number of fused-ring (bicyclic) bond motifs is 1. The molecule has 0 fully saturated rings. The zero-order valence-corrected chi connectivity index (χ0v) is 19.1. The second-order valence-electron chi connectivity index (χ2n) is 8.57. The molecule has 1 heterocycles. The Morgan fingerprint density at radius 2 is 1.44 bits per heavy atom. The lowest BCUT2D eigenvalue weighted by atomic mass is 9.97. The topological polar surface area (TPSA) is 42.0 Å². The number of aryl methyl sites for hydroxylation is 1. The molecule has 0 bridgehead atoms. The van der Waals surface area contributed by atoms with Crippen LogP contribution in [0.3, 0.4) is 0 Å². The molecule has 1 atom stereocenters. The van der Waals surface area contributed by atoms with Crippen molar-refractivity contribution < 1.29 is 4.79 Å². The number of nitrogens with zero attached hydrogens (tertiary/aromatic N) is 1. The van der Waals surface area contributed by atoms with E-state index < -0.39 is 0 Å². The molecule has 0 radical (unpaired) electrons. The lowest BCUT2D eigenvalue weighted by Crippen LogP contribution is -2.30. The molecule has 5 rings (SSSR count). The number of carbonyl (C=O) groups excluding carboxylic acids is 1. The van der Waals surface area contributed by atoms with E-state index in [-0.39, 0.29) is 11.9 Å². The number of carbonyl (C=O) groups is 1. The van der Waals surface area contributed by atoms with Crippen molar-refractivity contribution >= 4 is 16.8 Å². The van der Waals surface area contributed by atoms with Crippen molar-refractivity contribution in [3.8, 4) is 11.3 Å².